The van der Waals surface area contributed by atoms with E-state index < -0.39 is 0 Å². The van der Waals surface area contributed by atoms with E-state index in [1.54, 1.807) is 18.2 Å². The standard InChI is InChI=1S/C8H7ClN2O3/c9-4-5-13-7-3-1-2-6-8(7)10-14-11(6)12/h1-3H,4-5H2. The van der Waals surface area contributed by atoms with Crippen molar-refractivity contribution >= 4 is 22.6 Å². The minimum atomic E-state index is 0.336. The maximum absolute atomic E-state index is 11.0. The van der Waals surface area contributed by atoms with Gasteiger partial charge in [0.25, 0.3) is 5.52 Å². The van der Waals surface area contributed by atoms with Crippen LogP contribution in [0.1, 0.15) is 0 Å². The van der Waals surface area contributed by atoms with Crippen LogP contribution >= 0.6 is 11.6 Å². The van der Waals surface area contributed by atoms with Crippen LogP contribution < -0.4 is 9.64 Å². The molecule has 2 rings (SSSR count). The summed E-state index contributed by atoms with van der Waals surface area (Å²) in [6, 6.07) is 5.00. The maximum Gasteiger partial charge on any atom is 0.290 e. The van der Waals surface area contributed by atoms with Gasteiger partial charge < -0.3 is 9.94 Å². The maximum atomic E-state index is 11.0. The molecule has 1 heterocycles. The molecule has 1 aromatic heterocycles. The molecule has 0 bridgehead atoms. The number of ether oxygens (including phenoxy) is 1. The van der Waals surface area contributed by atoms with E-state index in [0.29, 0.717) is 34.2 Å². The van der Waals surface area contributed by atoms with Crippen molar-refractivity contribution in [2.75, 3.05) is 12.5 Å². The predicted molar refractivity (Wildman–Crippen MR) is 49.2 cm³/mol. The second-order valence-corrected chi connectivity index (χ2v) is 2.97. The molecule has 14 heavy (non-hydrogen) atoms. The van der Waals surface area contributed by atoms with Crippen molar-refractivity contribution < 1.29 is 14.3 Å². The second kappa shape index (κ2) is 3.71. The predicted octanol–water partition coefficient (Wildman–Crippen LogP) is 1.08. The van der Waals surface area contributed by atoms with Crippen LogP contribution in [0.25, 0.3) is 11.0 Å². The lowest BCUT2D eigenvalue weighted by molar-refractivity contribution is -0.782. The number of nitrogens with zero attached hydrogens (tertiary/aromatic N) is 2. The van der Waals surface area contributed by atoms with Crippen LogP contribution in [0, 0.1) is 5.21 Å². The van der Waals surface area contributed by atoms with Gasteiger partial charge in [-0.3, -0.25) is 4.63 Å². The molecule has 0 radical (unpaired) electrons. The molecule has 1 aromatic carbocycles. The number of aromatic nitrogens is 2. The average Bonchev–Trinajstić information content (AvgIpc) is 2.58. The number of fused-ring (bicyclic) bond motifs is 1. The summed E-state index contributed by atoms with van der Waals surface area (Å²) in [4.78, 5) is 0.336. The summed E-state index contributed by atoms with van der Waals surface area (Å²) >= 11 is 5.47. The highest BCUT2D eigenvalue weighted by molar-refractivity contribution is 6.18. The zero-order valence-corrected chi connectivity index (χ0v) is 7.90. The number of hydrogen-bond donors (Lipinski definition) is 0. The molecule has 0 aliphatic heterocycles. The second-order valence-electron chi connectivity index (χ2n) is 2.59. The number of benzene rings is 1. The number of hydrogen-bond acceptors (Lipinski definition) is 4. The molecule has 0 spiro atoms. The van der Waals surface area contributed by atoms with Crippen molar-refractivity contribution in [1.82, 2.24) is 5.16 Å². The van der Waals surface area contributed by atoms with Gasteiger partial charge in [0, 0.05) is 0 Å². The summed E-state index contributed by atoms with van der Waals surface area (Å²) in [5, 5.41) is 14.6. The Kier molecular flexibility index (Phi) is 2.41. The summed E-state index contributed by atoms with van der Waals surface area (Å²) in [5.74, 6) is 0.882. The van der Waals surface area contributed by atoms with E-state index in [0.717, 1.165) is 0 Å². The van der Waals surface area contributed by atoms with Gasteiger partial charge in [0.05, 0.1) is 11.0 Å². The molecule has 0 atom stereocenters. The topological polar surface area (TPSA) is 62.2 Å². The fourth-order valence-electron chi connectivity index (χ4n) is 1.14. The third-order valence-corrected chi connectivity index (χ3v) is 1.87. The van der Waals surface area contributed by atoms with Crippen molar-refractivity contribution in [2.24, 2.45) is 0 Å². The van der Waals surface area contributed by atoms with Crippen LogP contribution in [0.2, 0.25) is 0 Å². The summed E-state index contributed by atoms with van der Waals surface area (Å²) in [7, 11) is 0. The normalized spacial score (nSPS) is 10.6. The highest BCUT2D eigenvalue weighted by Crippen LogP contribution is 2.20. The molecule has 6 heteroatoms. The third kappa shape index (κ3) is 1.46. The van der Waals surface area contributed by atoms with Gasteiger partial charge in [-0.1, -0.05) is 6.07 Å². The monoisotopic (exact) mass is 214 g/mol. The molecule has 2 aromatic rings. The number of halogens is 1. The largest absolute Gasteiger partial charge is 0.487 e. The quantitative estimate of drug-likeness (QED) is 0.567. The Morgan fingerprint density at radius 3 is 3.21 bits per heavy atom. The molecule has 0 N–H and O–H groups in total. The van der Waals surface area contributed by atoms with Crippen LogP contribution in [0.3, 0.4) is 0 Å². The summed E-state index contributed by atoms with van der Waals surface area (Å²) in [6.45, 7) is 0.367. The van der Waals surface area contributed by atoms with E-state index in [1.165, 1.54) is 0 Å². The minimum Gasteiger partial charge on any atom is -0.487 e. The molecule has 74 valence electrons. The Morgan fingerprint density at radius 1 is 1.57 bits per heavy atom. The molecular weight excluding hydrogens is 208 g/mol. The van der Waals surface area contributed by atoms with Gasteiger partial charge in [0.15, 0.2) is 5.75 Å². The van der Waals surface area contributed by atoms with Crippen LogP contribution in [-0.2, 0) is 0 Å². The van der Waals surface area contributed by atoms with E-state index in [4.69, 9.17) is 16.3 Å². The van der Waals surface area contributed by atoms with Gasteiger partial charge in [0.2, 0.25) is 5.52 Å². The molecule has 0 fully saturated rings. The van der Waals surface area contributed by atoms with E-state index in [2.05, 4.69) is 9.79 Å². The summed E-state index contributed by atoms with van der Waals surface area (Å²) in [5.41, 5.74) is 0.754. The van der Waals surface area contributed by atoms with Crippen molar-refractivity contribution in [3.8, 4) is 5.75 Å². The van der Waals surface area contributed by atoms with Crippen LogP contribution in [0.4, 0.5) is 0 Å². The fourth-order valence-corrected chi connectivity index (χ4v) is 1.21. The van der Waals surface area contributed by atoms with E-state index in [9.17, 15) is 5.21 Å². The van der Waals surface area contributed by atoms with Gasteiger partial charge >= 0.3 is 0 Å². The molecule has 0 aliphatic rings. The van der Waals surface area contributed by atoms with Gasteiger partial charge in [0.1, 0.15) is 6.61 Å². The third-order valence-electron chi connectivity index (χ3n) is 1.72. The lowest BCUT2D eigenvalue weighted by atomic mass is 10.3. The smallest absolute Gasteiger partial charge is 0.290 e. The van der Waals surface area contributed by atoms with Crippen molar-refractivity contribution in [1.29, 1.82) is 0 Å². The summed E-state index contributed by atoms with van der Waals surface area (Å²) in [6.07, 6.45) is 0. The first-order valence-corrected chi connectivity index (χ1v) is 4.53. The molecule has 5 nitrogen and oxygen atoms in total. The lowest BCUT2D eigenvalue weighted by Gasteiger charge is -2.00. The Morgan fingerprint density at radius 2 is 2.43 bits per heavy atom. The molecular formula is C8H7ClN2O3. The van der Waals surface area contributed by atoms with Gasteiger partial charge in [-0.15, -0.1) is 11.6 Å². The van der Waals surface area contributed by atoms with Gasteiger partial charge in [-0.2, -0.15) is 0 Å². The minimum absolute atomic E-state index is 0.336. The van der Waals surface area contributed by atoms with Crippen molar-refractivity contribution in [3.63, 3.8) is 0 Å². The number of alkyl halides is 1. The molecule has 0 saturated carbocycles. The Bertz CT molecular complexity index is 443. The van der Waals surface area contributed by atoms with Gasteiger partial charge in [-0.05, 0) is 17.0 Å². The van der Waals surface area contributed by atoms with Crippen LogP contribution in [-0.4, -0.2) is 17.6 Å². The van der Waals surface area contributed by atoms with Crippen LogP contribution in [0.5, 0.6) is 5.75 Å². The van der Waals surface area contributed by atoms with Gasteiger partial charge in [-0.25, -0.2) is 0 Å². The summed E-state index contributed by atoms with van der Waals surface area (Å²) < 4.78 is 9.71. The van der Waals surface area contributed by atoms with Crippen LogP contribution in [0.15, 0.2) is 22.8 Å². The highest BCUT2D eigenvalue weighted by Gasteiger charge is 2.14. The molecule has 0 unspecified atom stereocenters. The molecule has 0 amide bonds. The highest BCUT2D eigenvalue weighted by atomic mass is 35.5. The first kappa shape index (κ1) is 9.08. The first-order chi connectivity index (χ1) is 6.83. The Hall–Kier alpha value is -1.49. The van der Waals surface area contributed by atoms with Crippen molar-refractivity contribution in [3.05, 3.63) is 23.4 Å². The number of rotatable bonds is 3. The molecule has 0 aliphatic carbocycles. The average molecular weight is 215 g/mol. The fraction of sp³-hybridized carbons (Fsp3) is 0.250. The Labute approximate surface area is 84.4 Å². The first-order valence-electron chi connectivity index (χ1n) is 4.00. The Balaban J connectivity index is 2.44. The van der Waals surface area contributed by atoms with Crippen molar-refractivity contribution in [2.45, 2.75) is 0 Å². The van der Waals surface area contributed by atoms with E-state index in [1.807, 2.05) is 0 Å². The SMILES string of the molecule is [O-][n+]1onc2c(OCCCl)cccc21. The zero-order valence-electron chi connectivity index (χ0n) is 7.14. The van der Waals surface area contributed by atoms with E-state index >= 15 is 0 Å². The zero-order chi connectivity index (χ0) is 9.97. The molecule has 0 saturated heterocycles. The lowest BCUT2D eigenvalue weighted by Crippen LogP contribution is -2.22. The van der Waals surface area contributed by atoms with E-state index in [-0.39, 0.29) is 0 Å².